The van der Waals surface area contributed by atoms with E-state index in [1.54, 1.807) is 0 Å². The highest BCUT2D eigenvalue weighted by molar-refractivity contribution is 6.56. The van der Waals surface area contributed by atoms with Gasteiger partial charge in [-0.05, 0) is 64.3 Å². The molecule has 2 rings (SSSR count). The van der Waals surface area contributed by atoms with Crippen LogP contribution in [0.25, 0.3) is 6.08 Å². The molecule has 1 heterocycles. The van der Waals surface area contributed by atoms with Crippen LogP contribution in [0.15, 0.2) is 23.7 Å². The number of anilines is 1. The maximum absolute atomic E-state index is 6.16. The van der Waals surface area contributed by atoms with Gasteiger partial charge in [-0.2, -0.15) is 0 Å². The van der Waals surface area contributed by atoms with Gasteiger partial charge in [0.25, 0.3) is 0 Å². The van der Waals surface area contributed by atoms with Gasteiger partial charge in [0.15, 0.2) is 0 Å². The molecule has 1 fully saturated rings. The molecule has 0 saturated carbocycles. The second-order valence-corrected chi connectivity index (χ2v) is 6.90. The van der Waals surface area contributed by atoms with E-state index in [4.69, 9.17) is 15.0 Å². The number of likely N-dealkylation sites (N-methyl/N-ethyl adjacent to an activating group) is 1. The van der Waals surface area contributed by atoms with Gasteiger partial charge in [-0.25, -0.2) is 0 Å². The maximum Gasteiger partial charge on any atom is 0.491 e. The molecule has 0 unspecified atom stereocenters. The van der Waals surface area contributed by atoms with E-state index in [2.05, 4.69) is 45.2 Å². The van der Waals surface area contributed by atoms with E-state index in [0.717, 1.165) is 22.3 Å². The van der Waals surface area contributed by atoms with Crippen molar-refractivity contribution >= 4 is 18.9 Å². The summed E-state index contributed by atoms with van der Waals surface area (Å²) in [6, 6.07) is 5.95. The average molecular weight is 302 g/mol. The summed E-state index contributed by atoms with van der Waals surface area (Å²) in [7, 11) is 1.57. The maximum atomic E-state index is 6.16. The Labute approximate surface area is 134 Å². The first kappa shape index (κ1) is 17.1. The Balaban J connectivity index is 2.35. The van der Waals surface area contributed by atoms with Crippen molar-refractivity contribution in [1.29, 1.82) is 0 Å². The summed E-state index contributed by atoms with van der Waals surface area (Å²) in [5, 5.41) is 3.19. The molecular formula is C17H27BN2O2. The third-order valence-corrected chi connectivity index (χ3v) is 4.70. The Morgan fingerprint density at radius 1 is 1.23 bits per heavy atom. The summed E-state index contributed by atoms with van der Waals surface area (Å²) < 4.78 is 12.3. The Kier molecular flexibility index (Phi) is 4.71. The van der Waals surface area contributed by atoms with Crippen molar-refractivity contribution < 1.29 is 9.31 Å². The molecule has 4 nitrogen and oxygen atoms in total. The second-order valence-electron chi connectivity index (χ2n) is 6.90. The van der Waals surface area contributed by atoms with Crippen molar-refractivity contribution in [3.8, 4) is 0 Å². The van der Waals surface area contributed by atoms with E-state index >= 15 is 0 Å². The lowest BCUT2D eigenvalue weighted by atomic mass is 9.76. The molecule has 120 valence electrons. The Bertz CT molecular complexity index is 566. The average Bonchev–Trinajstić information content (AvgIpc) is 2.63. The van der Waals surface area contributed by atoms with E-state index < -0.39 is 0 Å². The number of nitrogens with two attached hydrogens (primary N) is 1. The minimum atomic E-state index is -0.349. The molecular weight excluding hydrogens is 275 g/mol. The van der Waals surface area contributed by atoms with E-state index in [-0.39, 0.29) is 18.3 Å². The third-order valence-electron chi connectivity index (χ3n) is 4.70. The topological polar surface area (TPSA) is 56.5 Å². The normalized spacial score (nSPS) is 20.5. The molecule has 1 aliphatic rings. The molecule has 0 aliphatic carbocycles. The molecule has 0 spiro atoms. The SMILES string of the molecule is CNCC(=Cc1cccc(N)c1C)B1OC(C)(C)C(C)(C)O1. The van der Waals surface area contributed by atoms with Gasteiger partial charge >= 0.3 is 7.12 Å². The molecule has 0 amide bonds. The quantitative estimate of drug-likeness (QED) is 0.663. The van der Waals surface area contributed by atoms with Gasteiger partial charge in [-0.1, -0.05) is 18.2 Å². The molecule has 5 heteroatoms. The fourth-order valence-electron chi connectivity index (χ4n) is 2.43. The largest absolute Gasteiger partial charge is 0.491 e. The smallest absolute Gasteiger partial charge is 0.400 e. The van der Waals surface area contributed by atoms with Crippen LogP contribution in [0.5, 0.6) is 0 Å². The number of nitrogen functional groups attached to an aromatic ring is 1. The van der Waals surface area contributed by atoms with Gasteiger partial charge in [-0.15, -0.1) is 0 Å². The molecule has 0 aromatic heterocycles. The van der Waals surface area contributed by atoms with Crippen LogP contribution in [0.2, 0.25) is 0 Å². The summed E-state index contributed by atoms with van der Waals surface area (Å²) in [6.07, 6.45) is 2.12. The highest BCUT2D eigenvalue weighted by atomic mass is 16.7. The van der Waals surface area contributed by atoms with E-state index in [9.17, 15) is 0 Å². The van der Waals surface area contributed by atoms with Crippen molar-refractivity contribution in [1.82, 2.24) is 5.32 Å². The summed E-state index contributed by atoms with van der Waals surface area (Å²) >= 11 is 0. The molecule has 1 aromatic rings. The molecule has 1 aliphatic heterocycles. The summed E-state index contributed by atoms with van der Waals surface area (Å²) in [4.78, 5) is 0. The zero-order valence-electron chi connectivity index (χ0n) is 14.5. The number of hydrogen-bond acceptors (Lipinski definition) is 4. The molecule has 0 atom stereocenters. The van der Waals surface area contributed by atoms with Crippen LogP contribution in [-0.4, -0.2) is 31.9 Å². The third kappa shape index (κ3) is 3.22. The van der Waals surface area contributed by atoms with Gasteiger partial charge in [0.05, 0.1) is 11.2 Å². The van der Waals surface area contributed by atoms with E-state index in [1.165, 1.54) is 0 Å². The Hall–Kier alpha value is -1.30. The molecule has 0 radical (unpaired) electrons. The minimum Gasteiger partial charge on any atom is -0.400 e. The van der Waals surface area contributed by atoms with Crippen LogP contribution in [0.3, 0.4) is 0 Å². The Morgan fingerprint density at radius 2 is 1.82 bits per heavy atom. The standard InChI is InChI=1S/C17H27BN2O2/c1-12-13(8-7-9-15(12)19)10-14(11-20-6)18-21-16(2,3)17(4,5)22-18/h7-10,20H,11,19H2,1-6H3. The van der Waals surface area contributed by atoms with Crippen molar-refractivity contribution in [3.05, 3.63) is 34.8 Å². The van der Waals surface area contributed by atoms with E-state index in [1.807, 2.05) is 26.1 Å². The van der Waals surface area contributed by atoms with Crippen molar-refractivity contribution in [3.63, 3.8) is 0 Å². The first-order valence-corrected chi connectivity index (χ1v) is 7.74. The highest BCUT2D eigenvalue weighted by Gasteiger charge is 2.52. The van der Waals surface area contributed by atoms with Crippen LogP contribution < -0.4 is 11.1 Å². The van der Waals surface area contributed by atoms with Gasteiger partial charge < -0.3 is 20.4 Å². The second kappa shape index (κ2) is 6.07. The lowest BCUT2D eigenvalue weighted by Crippen LogP contribution is -2.41. The number of benzene rings is 1. The first-order valence-electron chi connectivity index (χ1n) is 7.74. The summed E-state index contributed by atoms with van der Waals surface area (Å²) in [5.41, 5.74) is 9.36. The fourth-order valence-corrected chi connectivity index (χ4v) is 2.43. The zero-order valence-corrected chi connectivity index (χ0v) is 14.5. The predicted octanol–water partition coefficient (Wildman–Crippen LogP) is 2.81. The highest BCUT2D eigenvalue weighted by Crippen LogP contribution is 2.38. The van der Waals surface area contributed by atoms with Crippen molar-refractivity contribution in [2.45, 2.75) is 45.8 Å². The first-order chi connectivity index (χ1) is 10.2. The summed E-state index contributed by atoms with van der Waals surface area (Å²) in [5.74, 6) is 0. The van der Waals surface area contributed by atoms with Gasteiger partial charge in [0.1, 0.15) is 0 Å². The monoisotopic (exact) mass is 302 g/mol. The van der Waals surface area contributed by atoms with Crippen LogP contribution in [-0.2, 0) is 9.31 Å². The summed E-state index contributed by atoms with van der Waals surface area (Å²) in [6.45, 7) is 11.0. The molecule has 0 bridgehead atoms. The van der Waals surface area contributed by atoms with Gasteiger partial charge in [-0.3, -0.25) is 0 Å². The van der Waals surface area contributed by atoms with Crippen LogP contribution in [0.4, 0.5) is 5.69 Å². The van der Waals surface area contributed by atoms with Crippen LogP contribution >= 0.6 is 0 Å². The number of rotatable bonds is 4. The lowest BCUT2D eigenvalue weighted by Gasteiger charge is -2.32. The van der Waals surface area contributed by atoms with Crippen LogP contribution in [0.1, 0.15) is 38.8 Å². The van der Waals surface area contributed by atoms with E-state index in [0.29, 0.717) is 6.54 Å². The van der Waals surface area contributed by atoms with Gasteiger partial charge in [0.2, 0.25) is 0 Å². The molecule has 22 heavy (non-hydrogen) atoms. The lowest BCUT2D eigenvalue weighted by molar-refractivity contribution is 0.00578. The number of hydrogen-bond donors (Lipinski definition) is 2. The molecule has 1 saturated heterocycles. The van der Waals surface area contributed by atoms with Crippen molar-refractivity contribution in [2.75, 3.05) is 19.3 Å². The molecule has 1 aromatic carbocycles. The van der Waals surface area contributed by atoms with Crippen molar-refractivity contribution in [2.24, 2.45) is 0 Å². The Morgan fingerprint density at radius 3 is 2.36 bits per heavy atom. The van der Waals surface area contributed by atoms with Gasteiger partial charge in [0, 0.05) is 12.2 Å². The fraction of sp³-hybridized carbons (Fsp3) is 0.529. The predicted molar refractivity (Wildman–Crippen MR) is 93.6 cm³/mol. The van der Waals surface area contributed by atoms with Crippen LogP contribution in [0, 0.1) is 6.92 Å². The minimum absolute atomic E-state index is 0.338. The number of nitrogens with one attached hydrogen (secondary N) is 1. The zero-order chi connectivity index (χ0) is 16.5. The molecule has 3 N–H and O–H groups in total.